The monoisotopic (exact) mass is 467 g/mol. The number of piperidine rings is 1. The highest BCUT2D eigenvalue weighted by atomic mass is 32.2. The third-order valence-electron chi connectivity index (χ3n) is 6.10. The lowest BCUT2D eigenvalue weighted by Gasteiger charge is -2.28. The average Bonchev–Trinajstić information content (AvgIpc) is 3.32. The highest BCUT2D eigenvalue weighted by Crippen LogP contribution is 2.31. The highest BCUT2D eigenvalue weighted by Gasteiger charge is 2.27. The van der Waals surface area contributed by atoms with E-state index in [-0.39, 0.29) is 23.3 Å². The number of ether oxygens (including phenoxy) is 2. The molecule has 3 rings (SSSR count). The number of anilines is 2. The zero-order chi connectivity index (χ0) is 23.0. The molecule has 180 valence electrons. The molecule has 2 aliphatic heterocycles. The second-order valence-electron chi connectivity index (χ2n) is 8.32. The molecule has 1 aromatic carbocycles. The third-order valence-corrected chi connectivity index (χ3v) is 7.99. The second kappa shape index (κ2) is 12.0. The van der Waals surface area contributed by atoms with Crippen molar-refractivity contribution < 1.29 is 22.7 Å². The molecule has 2 fully saturated rings. The molecule has 9 heteroatoms. The topological polar surface area (TPSA) is 88.2 Å². The van der Waals surface area contributed by atoms with Gasteiger partial charge in [-0.05, 0) is 57.7 Å². The Kier molecular flexibility index (Phi) is 9.34. The van der Waals surface area contributed by atoms with Gasteiger partial charge in [-0.15, -0.1) is 0 Å². The Morgan fingerprint density at radius 2 is 1.94 bits per heavy atom. The smallest absolute Gasteiger partial charge is 0.243 e. The number of hydrogen-bond donors (Lipinski definition) is 1. The van der Waals surface area contributed by atoms with Crippen molar-refractivity contribution in [2.45, 2.75) is 63.4 Å². The Labute approximate surface area is 192 Å². The Morgan fingerprint density at radius 3 is 2.59 bits per heavy atom. The molecule has 0 radical (unpaired) electrons. The lowest BCUT2D eigenvalue weighted by molar-refractivity contribution is -0.117. The fraction of sp³-hybridized carbons (Fsp3) is 0.696. The van der Waals surface area contributed by atoms with Crippen LogP contribution >= 0.6 is 0 Å². The molecule has 1 N–H and O–H groups in total. The summed E-state index contributed by atoms with van der Waals surface area (Å²) in [5, 5.41) is 2.93. The third kappa shape index (κ3) is 6.43. The van der Waals surface area contributed by atoms with Gasteiger partial charge in [0.1, 0.15) is 0 Å². The fourth-order valence-electron chi connectivity index (χ4n) is 4.24. The van der Waals surface area contributed by atoms with Gasteiger partial charge in [-0.1, -0.05) is 6.42 Å². The Bertz CT molecular complexity index is 845. The van der Waals surface area contributed by atoms with Crippen molar-refractivity contribution in [2.75, 3.05) is 56.2 Å². The number of nitrogens with zero attached hydrogens (tertiary/aromatic N) is 2. The maximum absolute atomic E-state index is 13.1. The maximum atomic E-state index is 13.1. The molecule has 1 atom stereocenters. The summed E-state index contributed by atoms with van der Waals surface area (Å²) in [4.78, 5) is 14.9. The van der Waals surface area contributed by atoms with Crippen molar-refractivity contribution >= 4 is 27.3 Å². The van der Waals surface area contributed by atoms with Crippen LogP contribution in [0.3, 0.4) is 0 Å². The van der Waals surface area contributed by atoms with Crippen molar-refractivity contribution in [2.24, 2.45) is 0 Å². The van der Waals surface area contributed by atoms with Gasteiger partial charge < -0.3 is 19.7 Å². The predicted molar refractivity (Wildman–Crippen MR) is 126 cm³/mol. The normalized spacial score (nSPS) is 19.8. The number of benzene rings is 1. The Balaban J connectivity index is 1.70. The van der Waals surface area contributed by atoms with Gasteiger partial charge in [0.25, 0.3) is 0 Å². The largest absolute Gasteiger partial charge is 0.378 e. The van der Waals surface area contributed by atoms with Crippen LogP contribution in [0.5, 0.6) is 0 Å². The molecule has 8 nitrogen and oxygen atoms in total. The maximum Gasteiger partial charge on any atom is 0.243 e. The number of amides is 1. The van der Waals surface area contributed by atoms with Crippen LogP contribution in [0, 0.1) is 0 Å². The van der Waals surface area contributed by atoms with Gasteiger partial charge in [-0.3, -0.25) is 4.79 Å². The van der Waals surface area contributed by atoms with Crippen LogP contribution in [0.2, 0.25) is 0 Å². The fourth-order valence-corrected chi connectivity index (χ4v) is 5.78. The predicted octanol–water partition coefficient (Wildman–Crippen LogP) is 3.23. The number of sulfonamides is 1. The SMILES string of the molecule is CCN(CC)c1ccc(S(=O)(=O)N2CCCCC2)cc1NC(=O)CCOCC1CCCO1. The number of hydrogen-bond acceptors (Lipinski definition) is 6. The van der Waals surface area contributed by atoms with Gasteiger partial charge in [0.15, 0.2) is 0 Å². The number of carbonyl (C=O) groups is 1. The van der Waals surface area contributed by atoms with Crippen molar-refractivity contribution in [3.8, 4) is 0 Å². The molecular weight excluding hydrogens is 430 g/mol. The summed E-state index contributed by atoms with van der Waals surface area (Å²) >= 11 is 0. The first kappa shape index (κ1) is 25.0. The molecule has 2 saturated heterocycles. The zero-order valence-corrected chi connectivity index (χ0v) is 20.2. The van der Waals surface area contributed by atoms with E-state index in [4.69, 9.17) is 9.47 Å². The molecule has 0 aliphatic carbocycles. The summed E-state index contributed by atoms with van der Waals surface area (Å²) < 4.78 is 39.0. The second-order valence-corrected chi connectivity index (χ2v) is 10.3. The van der Waals surface area contributed by atoms with Gasteiger partial charge in [0, 0.05) is 32.8 Å². The first-order valence-corrected chi connectivity index (χ1v) is 13.3. The lowest BCUT2D eigenvalue weighted by Crippen LogP contribution is -2.35. The summed E-state index contributed by atoms with van der Waals surface area (Å²) in [7, 11) is -3.58. The Morgan fingerprint density at radius 1 is 1.19 bits per heavy atom. The summed E-state index contributed by atoms with van der Waals surface area (Å²) in [5.74, 6) is -0.196. The molecule has 0 bridgehead atoms. The van der Waals surface area contributed by atoms with Crippen LogP contribution in [0.1, 0.15) is 52.4 Å². The molecule has 0 aromatic heterocycles. The lowest BCUT2D eigenvalue weighted by atomic mass is 10.2. The minimum Gasteiger partial charge on any atom is -0.378 e. The van der Waals surface area contributed by atoms with E-state index in [2.05, 4.69) is 10.2 Å². The van der Waals surface area contributed by atoms with Crippen LogP contribution in [-0.2, 0) is 24.3 Å². The molecule has 2 heterocycles. The molecule has 2 aliphatic rings. The van der Waals surface area contributed by atoms with E-state index >= 15 is 0 Å². The van der Waals surface area contributed by atoms with Crippen LogP contribution < -0.4 is 10.2 Å². The standard InChI is InChI=1S/C23H37N3O5S/c1-3-25(4-2)22-11-10-20(32(28,29)26-13-6-5-7-14-26)17-21(22)24-23(27)12-16-30-18-19-9-8-15-31-19/h10-11,17,19H,3-9,12-16,18H2,1-2H3,(H,24,27). The van der Waals surface area contributed by atoms with Crippen LogP contribution in [0.15, 0.2) is 23.1 Å². The molecule has 1 aromatic rings. The van der Waals surface area contributed by atoms with Gasteiger partial charge in [-0.2, -0.15) is 4.31 Å². The van der Waals surface area contributed by atoms with Crippen molar-refractivity contribution in [1.29, 1.82) is 0 Å². The Hall–Kier alpha value is -1.68. The van der Waals surface area contributed by atoms with Crippen molar-refractivity contribution in [1.82, 2.24) is 4.31 Å². The van der Waals surface area contributed by atoms with Gasteiger partial charge >= 0.3 is 0 Å². The first-order chi connectivity index (χ1) is 15.5. The summed E-state index contributed by atoms with van der Waals surface area (Å²) in [6.45, 7) is 8.25. The number of carbonyl (C=O) groups excluding carboxylic acids is 1. The minimum absolute atomic E-state index is 0.129. The van der Waals surface area contributed by atoms with Gasteiger partial charge in [-0.25, -0.2) is 8.42 Å². The van der Waals surface area contributed by atoms with E-state index in [1.165, 1.54) is 0 Å². The van der Waals surface area contributed by atoms with E-state index in [0.717, 1.165) is 57.5 Å². The number of nitrogens with one attached hydrogen (secondary N) is 1. The van der Waals surface area contributed by atoms with E-state index in [1.54, 1.807) is 22.5 Å². The molecule has 32 heavy (non-hydrogen) atoms. The molecule has 0 saturated carbocycles. The number of rotatable bonds is 11. The van der Waals surface area contributed by atoms with Crippen LogP contribution in [0.25, 0.3) is 0 Å². The summed E-state index contributed by atoms with van der Waals surface area (Å²) in [6, 6.07) is 5.05. The van der Waals surface area contributed by atoms with Gasteiger partial charge in [0.05, 0.1) is 42.0 Å². The van der Waals surface area contributed by atoms with Crippen molar-refractivity contribution in [3.05, 3.63) is 18.2 Å². The first-order valence-electron chi connectivity index (χ1n) is 11.8. The molecule has 0 spiro atoms. The van der Waals surface area contributed by atoms with Gasteiger partial charge in [0.2, 0.25) is 15.9 Å². The van der Waals surface area contributed by atoms with E-state index in [9.17, 15) is 13.2 Å². The van der Waals surface area contributed by atoms with E-state index in [1.807, 2.05) is 13.8 Å². The van der Waals surface area contributed by atoms with E-state index in [0.29, 0.717) is 32.0 Å². The summed E-state index contributed by atoms with van der Waals surface area (Å²) in [6.07, 6.45) is 5.20. The van der Waals surface area contributed by atoms with Crippen LogP contribution in [-0.4, -0.2) is 70.7 Å². The minimum atomic E-state index is -3.58. The highest BCUT2D eigenvalue weighted by molar-refractivity contribution is 7.89. The van der Waals surface area contributed by atoms with E-state index < -0.39 is 10.0 Å². The zero-order valence-electron chi connectivity index (χ0n) is 19.3. The average molecular weight is 468 g/mol. The molecular formula is C23H37N3O5S. The molecule has 1 unspecified atom stereocenters. The summed E-state index contributed by atoms with van der Waals surface area (Å²) in [5.41, 5.74) is 1.34. The molecule has 1 amide bonds. The quantitative estimate of drug-likeness (QED) is 0.503. The van der Waals surface area contributed by atoms with Crippen molar-refractivity contribution in [3.63, 3.8) is 0 Å². The van der Waals surface area contributed by atoms with Crippen LogP contribution in [0.4, 0.5) is 11.4 Å².